The summed E-state index contributed by atoms with van der Waals surface area (Å²) >= 11 is 0. The number of alkyl halides is 3. The Morgan fingerprint density at radius 3 is 2.65 bits per heavy atom. The molecule has 2 aromatic rings. The predicted octanol–water partition coefficient (Wildman–Crippen LogP) is 2.99. The number of nitrogens with zero attached hydrogens (tertiary/aromatic N) is 2. The van der Waals surface area contributed by atoms with Gasteiger partial charge in [0.05, 0.1) is 11.8 Å². The largest absolute Gasteiger partial charge is 0.477 e. The van der Waals surface area contributed by atoms with Crippen molar-refractivity contribution in [1.82, 2.24) is 10.2 Å². The zero-order chi connectivity index (χ0) is 14.8. The fraction of sp³-hybridized carbons (Fsp3) is 0.0833. The van der Waals surface area contributed by atoms with Crippen LogP contribution in [0.2, 0.25) is 0 Å². The Kier molecular flexibility index (Phi) is 3.55. The average molecular weight is 284 g/mol. The molecule has 0 saturated heterocycles. The molecule has 0 bridgehead atoms. The van der Waals surface area contributed by atoms with Gasteiger partial charge in [-0.15, -0.1) is 5.10 Å². The lowest BCUT2D eigenvalue weighted by Gasteiger charge is -2.10. The quantitative estimate of drug-likeness (QED) is 0.938. The first-order chi connectivity index (χ1) is 9.38. The Morgan fingerprint density at radius 1 is 1.25 bits per heavy atom. The molecule has 1 heterocycles. The zero-order valence-electron chi connectivity index (χ0n) is 9.76. The SMILES string of the molecule is O=C(O)c1ccnnc1Oc1cccc(C(F)(F)F)c1. The molecule has 20 heavy (non-hydrogen) atoms. The van der Waals surface area contributed by atoms with Gasteiger partial charge < -0.3 is 9.84 Å². The third-order valence-corrected chi connectivity index (χ3v) is 2.29. The van der Waals surface area contributed by atoms with Crippen molar-refractivity contribution < 1.29 is 27.8 Å². The molecule has 0 fully saturated rings. The molecule has 5 nitrogen and oxygen atoms in total. The normalized spacial score (nSPS) is 11.2. The topological polar surface area (TPSA) is 72.3 Å². The first kappa shape index (κ1) is 13.8. The third-order valence-electron chi connectivity index (χ3n) is 2.29. The van der Waals surface area contributed by atoms with Crippen LogP contribution in [0.5, 0.6) is 11.6 Å². The van der Waals surface area contributed by atoms with E-state index < -0.39 is 17.7 Å². The zero-order valence-corrected chi connectivity index (χ0v) is 9.76. The fourth-order valence-corrected chi connectivity index (χ4v) is 1.40. The number of ether oxygens (including phenoxy) is 1. The van der Waals surface area contributed by atoms with Gasteiger partial charge in [-0.05, 0) is 24.3 Å². The molecular formula is C12H7F3N2O3. The highest BCUT2D eigenvalue weighted by molar-refractivity contribution is 5.90. The van der Waals surface area contributed by atoms with Gasteiger partial charge in [0, 0.05) is 0 Å². The van der Waals surface area contributed by atoms with Crippen LogP contribution in [0, 0.1) is 0 Å². The number of benzene rings is 1. The van der Waals surface area contributed by atoms with E-state index in [1.54, 1.807) is 0 Å². The summed E-state index contributed by atoms with van der Waals surface area (Å²) in [6.45, 7) is 0. The maximum Gasteiger partial charge on any atom is 0.416 e. The number of carboxylic acids is 1. The minimum absolute atomic E-state index is 0.178. The van der Waals surface area contributed by atoms with Crippen LogP contribution in [0.25, 0.3) is 0 Å². The lowest BCUT2D eigenvalue weighted by atomic mass is 10.2. The number of carboxylic acid groups (broad SMARTS) is 1. The lowest BCUT2D eigenvalue weighted by molar-refractivity contribution is -0.137. The molecule has 1 aromatic heterocycles. The molecule has 0 aliphatic carbocycles. The third kappa shape index (κ3) is 3.02. The molecule has 0 aliphatic heterocycles. The van der Waals surface area contributed by atoms with Crippen molar-refractivity contribution in [1.29, 1.82) is 0 Å². The van der Waals surface area contributed by atoms with E-state index in [9.17, 15) is 18.0 Å². The number of hydrogen-bond acceptors (Lipinski definition) is 4. The van der Waals surface area contributed by atoms with E-state index in [-0.39, 0.29) is 17.2 Å². The molecule has 1 N–H and O–H groups in total. The molecule has 0 spiro atoms. The van der Waals surface area contributed by atoms with Crippen molar-refractivity contribution in [2.24, 2.45) is 0 Å². The van der Waals surface area contributed by atoms with Crippen molar-refractivity contribution in [2.45, 2.75) is 6.18 Å². The number of aromatic carboxylic acids is 1. The number of rotatable bonds is 3. The minimum atomic E-state index is -4.52. The smallest absolute Gasteiger partial charge is 0.416 e. The molecule has 104 valence electrons. The Labute approximate surface area is 110 Å². The first-order valence-corrected chi connectivity index (χ1v) is 5.28. The molecule has 0 atom stereocenters. The summed E-state index contributed by atoms with van der Waals surface area (Å²) in [5, 5.41) is 15.8. The van der Waals surface area contributed by atoms with Crippen LogP contribution in [-0.2, 0) is 6.18 Å². The van der Waals surface area contributed by atoms with Crippen LogP contribution in [0.4, 0.5) is 13.2 Å². The number of hydrogen-bond donors (Lipinski definition) is 1. The molecule has 2 rings (SSSR count). The van der Waals surface area contributed by atoms with Crippen LogP contribution in [0.1, 0.15) is 15.9 Å². The highest BCUT2D eigenvalue weighted by Gasteiger charge is 2.30. The van der Waals surface area contributed by atoms with Crippen LogP contribution in [-0.4, -0.2) is 21.3 Å². The standard InChI is InChI=1S/C12H7F3N2O3/c13-12(14,15)7-2-1-3-8(6-7)20-10-9(11(18)19)4-5-16-17-10/h1-6H,(H,18,19). The second kappa shape index (κ2) is 5.16. The molecule has 1 aromatic carbocycles. The highest BCUT2D eigenvalue weighted by Crippen LogP contribution is 2.32. The van der Waals surface area contributed by atoms with Gasteiger partial charge >= 0.3 is 12.1 Å². The lowest BCUT2D eigenvalue weighted by Crippen LogP contribution is -2.06. The maximum atomic E-state index is 12.5. The Hall–Kier alpha value is -2.64. The van der Waals surface area contributed by atoms with Gasteiger partial charge in [0.25, 0.3) is 5.88 Å². The van der Waals surface area contributed by atoms with E-state index in [1.165, 1.54) is 6.07 Å². The minimum Gasteiger partial charge on any atom is -0.477 e. The summed E-state index contributed by atoms with van der Waals surface area (Å²) in [4.78, 5) is 10.9. The van der Waals surface area contributed by atoms with E-state index in [0.717, 1.165) is 30.5 Å². The Balaban J connectivity index is 2.34. The van der Waals surface area contributed by atoms with Crippen molar-refractivity contribution in [3.8, 4) is 11.6 Å². The maximum absolute atomic E-state index is 12.5. The molecule has 0 radical (unpaired) electrons. The van der Waals surface area contributed by atoms with Crippen LogP contribution in [0.15, 0.2) is 36.5 Å². The summed E-state index contributed by atoms with van der Waals surface area (Å²) in [5.41, 5.74) is -1.20. The first-order valence-electron chi connectivity index (χ1n) is 5.28. The second-order valence-electron chi connectivity index (χ2n) is 3.68. The molecule has 0 amide bonds. The summed E-state index contributed by atoms with van der Waals surface area (Å²) < 4.78 is 42.7. The number of carbonyl (C=O) groups is 1. The van der Waals surface area contributed by atoms with Crippen LogP contribution in [0.3, 0.4) is 0 Å². The van der Waals surface area contributed by atoms with Gasteiger partial charge in [0.15, 0.2) is 0 Å². The second-order valence-corrected chi connectivity index (χ2v) is 3.68. The fourth-order valence-electron chi connectivity index (χ4n) is 1.40. The summed E-state index contributed by atoms with van der Waals surface area (Å²) in [5.74, 6) is -1.87. The van der Waals surface area contributed by atoms with E-state index >= 15 is 0 Å². The summed E-state index contributed by atoms with van der Waals surface area (Å²) in [7, 11) is 0. The average Bonchev–Trinajstić information content (AvgIpc) is 2.38. The van der Waals surface area contributed by atoms with Crippen molar-refractivity contribution in [3.63, 3.8) is 0 Å². The van der Waals surface area contributed by atoms with Crippen molar-refractivity contribution in [2.75, 3.05) is 0 Å². The Bertz CT molecular complexity index is 644. The van der Waals surface area contributed by atoms with Crippen LogP contribution < -0.4 is 4.74 Å². The van der Waals surface area contributed by atoms with Crippen molar-refractivity contribution >= 4 is 5.97 Å². The van der Waals surface area contributed by atoms with E-state index in [2.05, 4.69) is 10.2 Å². The van der Waals surface area contributed by atoms with E-state index in [4.69, 9.17) is 9.84 Å². The van der Waals surface area contributed by atoms with Gasteiger partial charge in [-0.2, -0.15) is 18.3 Å². The van der Waals surface area contributed by atoms with E-state index in [0.29, 0.717) is 0 Å². The molecule has 0 aliphatic rings. The van der Waals surface area contributed by atoms with E-state index in [1.807, 2.05) is 0 Å². The van der Waals surface area contributed by atoms with Crippen LogP contribution >= 0.6 is 0 Å². The molecular weight excluding hydrogens is 277 g/mol. The van der Waals surface area contributed by atoms with Gasteiger partial charge in [-0.3, -0.25) is 0 Å². The molecule has 0 saturated carbocycles. The van der Waals surface area contributed by atoms with Crippen molar-refractivity contribution in [3.05, 3.63) is 47.7 Å². The molecule has 8 heteroatoms. The summed E-state index contributed by atoms with van der Waals surface area (Å²) in [6.07, 6.45) is -3.38. The van der Waals surface area contributed by atoms with Gasteiger partial charge in [-0.25, -0.2) is 4.79 Å². The highest BCUT2D eigenvalue weighted by atomic mass is 19.4. The number of halogens is 3. The van der Waals surface area contributed by atoms with Gasteiger partial charge in [-0.1, -0.05) is 6.07 Å². The molecule has 0 unspecified atom stereocenters. The number of aromatic nitrogens is 2. The van der Waals surface area contributed by atoms with Gasteiger partial charge in [0.2, 0.25) is 0 Å². The monoisotopic (exact) mass is 284 g/mol. The Morgan fingerprint density at radius 2 is 2.00 bits per heavy atom. The predicted molar refractivity (Wildman–Crippen MR) is 60.5 cm³/mol. The van der Waals surface area contributed by atoms with Gasteiger partial charge in [0.1, 0.15) is 11.3 Å². The summed E-state index contributed by atoms with van der Waals surface area (Å²) in [6, 6.07) is 5.17.